The third-order valence-corrected chi connectivity index (χ3v) is 4.93. The molecule has 3 rings (SSSR count). The molecule has 7 heteroatoms. The Hall–Kier alpha value is -2.67. The fourth-order valence-corrected chi connectivity index (χ4v) is 3.10. The summed E-state index contributed by atoms with van der Waals surface area (Å²) in [4.78, 5) is 18.5. The van der Waals surface area contributed by atoms with E-state index in [9.17, 15) is 4.79 Å². The van der Waals surface area contributed by atoms with Gasteiger partial charge in [0.15, 0.2) is 6.10 Å². The molecule has 146 valence electrons. The van der Waals surface area contributed by atoms with Crippen molar-refractivity contribution in [3.63, 3.8) is 0 Å². The fraction of sp³-hybridized carbons (Fsp3) is 0.286. The molecule has 0 fully saturated rings. The van der Waals surface area contributed by atoms with E-state index >= 15 is 0 Å². The van der Waals surface area contributed by atoms with Gasteiger partial charge in [-0.15, -0.1) is 0 Å². The maximum Gasteiger partial charge on any atom is 0.263 e. The summed E-state index contributed by atoms with van der Waals surface area (Å²) in [6.07, 6.45) is -0.625. The van der Waals surface area contributed by atoms with Crippen LogP contribution in [0, 0.1) is 13.8 Å². The maximum absolute atomic E-state index is 12.6. The average Bonchev–Trinajstić information content (AvgIpc) is 3.12. The second-order valence-electron chi connectivity index (χ2n) is 6.72. The van der Waals surface area contributed by atoms with E-state index in [0.717, 1.165) is 15.6 Å². The summed E-state index contributed by atoms with van der Waals surface area (Å²) in [6, 6.07) is 13.4. The van der Waals surface area contributed by atoms with Gasteiger partial charge in [-0.1, -0.05) is 39.3 Å². The van der Waals surface area contributed by atoms with Crippen molar-refractivity contribution in [2.45, 2.75) is 33.4 Å². The molecule has 1 aromatic heterocycles. The Morgan fingerprint density at radius 3 is 2.71 bits per heavy atom. The number of nitrogens with zero attached hydrogens (tertiary/aromatic N) is 3. The Morgan fingerprint density at radius 1 is 1.21 bits per heavy atom. The molecule has 0 spiro atoms. The van der Waals surface area contributed by atoms with Crippen LogP contribution in [0.15, 0.2) is 51.5 Å². The molecule has 1 amide bonds. The monoisotopic (exact) mass is 443 g/mol. The van der Waals surface area contributed by atoms with Crippen LogP contribution in [0.3, 0.4) is 0 Å². The lowest BCUT2D eigenvalue weighted by molar-refractivity contribution is -0.137. The molecule has 2 aromatic carbocycles. The molecular formula is C21H22BrN3O3. The number of hydrogen-bond donors (Lipinski definition) is 0. The van der Waals surface area contributed by atoms with Crippen molar-refractivity contribution >= 4 is 21.8 Å². The first kappa shape index (κ1) is 20.1. The molecule has 0 N–H and O–H groups in total. The second kappa shape index (κ2) is 8.56. The van der Waals surface area contributed by atoms with Crippen molar-refractivity contribution in [3.8, 4) is 17.1 Å². The lowest BCUT2D eigenvalue weighted by atomic mass is 10.1. The van der Waals surface area contributed by atoms with E-state index in [4.69, 9.17) is 9.26 Å². The summed E-state index contributed by atoms with van der Waals surface area (Å²) in [5.74, 6) is 1.35. The van der Waals surface area contributed by atoms with Crippen molar-refractivity contribution in [2.75, 3.05) is 7.05 Å². The number of halogens is 1. The molecule has 1 atom stereocenters. The van der Waals surface area contributed by atoms with Crippen LogP contribution in [0.5, 0.6) is 5.75 Å². The Kier molecular flexibility index (Phi) is 6.14. The van der Waals surface area contributed by atoms with Crippen LogP contribution in [-0.2, 0) is 11.3 Å². The van der Waals surface area contributed by atoms with Crippen LogP contribution >= 0.6 is 15.9 Å². The third kappa shape index (κ3) is 4.78. The van der Waals surface area contributed by atoms with E-state index in [2.05, 4.69) is 26.1 Å². The Bertz CT molecular complexity index is 987. The first-order chi connectivity index (χ1) is 13.3. The third-order valence-electron chi connectivity index (χ3n) is 4.44. The number of rotatable bonds is 6. The Morgan fingerprint density at radius 2 is 2.00 bits per heavy atom. The highest BCUT2D eigenvalue weighted by molar-refractivity contribution is 9.10. The van der Waals surface area contributed by atoms with Crippen LogP contribution in [0.2, 0.25) is 0 Å². The van der Waals surface area contributed by atoms with Crippen molar-refractivity contribution in [3.05, 3.63) is 64.0 Å². The summed E-state index contributed by atoms with van der Waals surface area (Å²) in [5.41, 5.74) is 3.14. The van der Waals surface area contributed by atoms with Crippen LogP contribution in [-0.4, -0.2) is 34.1 Å². The lowest BCUT2D eigenvalue weighted by Crippen LogP contribution is -2.37. The van der Waals surface area contributed by atoms with Gasteiger partial charge in [0.05, 0.1) is 6.54 Å². The van der Waals surface area contributed by atoms with E-state index in [1.165, 1.54) is 10.5 Å². The van der Waals surface area contributed by atoms with Crippen LogP contribution in [0.25, 0.3) is 11.4 Å². The van der Waals surface area contributed by atoms with Gasteiger partial charge in [0.1, 0.15) is 5.75 Å². The first-order valence-electron chi connectivity index (χ1n) is 8.91. The van der Waals surface area contributed by atoms with Gasteiger partial charge in [-0.05, 0) is 56.2 Å². The number of benzene rings is 2. The van der Waals surface area contributed by atoms with Gasteiger partial charge in [-0.2, -0.15) is 4.98 Å². The highest BCUT2D eigenvalue weighted by Crippen LogP contribution is 2.21. The van der Waals surface area contributed by atoms with Crippen molar-refractivity contribution < 1.29 is 14.1 Å². The van der Waals surface area contributed by atoms with Crippen LogP contribution in [0.4, 0.5) is 0 Å². The zero-order valence-corrected chi connectivity index (χ0v) is 17.9. The number of aryl methyl sites for hydroxylation is 2. The summed E-state index contributed by atoms with van der Waals surface area (Å²) >= 11 is 3.42. The second-order valence-corrected chi connectivity index (χ2v) is 7.64. The van der Waals surface area contributed by atoms with Gasteiger partial charge >= 0.3 is 0 Å². The number of carbonyl (C=O) groups is 1. The Labute approximate surface area is 172 Å². The van der Waals surface area contributed by atoms with Gasteiger partial charge < -0.3 is 14.2 Å². The molecule has 0 radical (unpaired) electrons. The summed E-state index contributed by atoms with van der Waals surface area (Å²) in [6.45, 7) is 5.99. The SMILES string of the molecule is Cc1ccc(O[C@@H](C)C(=O)N(C)Cc2nc(-c3cccc(Br)c3)no2)cc1C. The summed E-state index contributed by atoms with van der Waals surface area (Å²) in [7, 11) is 1.69. The normalized spacial score (nSPS) is 11.9. The van der Waals surface area contributed by atoms with Gasteiger partial charge in [0.2, 0.25) is 11.7 Å². The zero-order valence-electron chi connectivity index (χ0n) is 16.3. The molecule has 3 aromatic rings. The fourth-order valence-electron chi connectivity index (χ4n) is 2.70. The molecule has 0 bridgehead atoms. The molecule has 0 unspecified atom stereocenters. The number of aromatic nitrogens is 2. The first-order valence-corrected chi connectivity index (χ1v) is 9.70. The van der Waals surface area contributed by atoms with Crippen LogP contribution in [0.1, 0.15) is 23.9 Å². The average molecular weight is 444 g/mol. The molecule has 0 saturated carbocycles. The van der Waals surface area contributed by atoms with E-state index in [0.29, 0.717) is 17.5 Å². The van der Waals surface area contributed by atoms with Crippen molar-refractivity contribution in [1.29, 1.82) is 0 Å². The molecule has 6 nitrogen and oxygen atoms in total. The number of likely N-dealkylation sites (N-methyl/N-ethyl adjacent to an activating group) is 1. The van der Waals surface area contributed by atoms with E-state index in [1.54, 1.807) is 14.0 Å². The van der Waals surface area contributed by atoms with Gasteiger partial charge in [-0.25, -0.2) is 0 Å². The van der Waals surface area contributed by atoms with E-state index in [-0.39, 0.29) is 12.5 Å². The highest BCUT2D eigenvalue weighted by atomic mass is 79.9. The van der Waals surface area contributed by atoms with Crippen molar-refractivity contribution in [1.82, 2.24) is 15.0 Å². The standard InChI is InChI=1S/C21H22BrN3O3/c1-13-8-9-18(10-14(13)2)27-15(3)21(26)25(4)12-19-23-20(24-28-19)16-6-5-7-17(22)11-16/h5-11,15H,12H2,1-4H3/t15-/m0/s1. The van der Waals surface area contributed by atoms with Gasteiger partial charge in [0, 0.05) is 17.1 Å². The number of hydrogen-bond acceptors (Lipinski definition) is 5. The molecular weight excluding hydrogens is 422 g/mol. The zero-order chi connectivity index (χ0) is 20.3. The quantitative estimate of drug-likeness (QED) is 0.559. The topological polar surface area (TPSA) is 68.5 Å². The smallest absolute Gasteiger partial charge is 0.263 e. The molecule has 28 heavy (non-hydrogen) atoms. The number of ether oxygens (including phenoxy) is 1. The molecule has 1 heterocycles. The van der Waals surface area contributed by atoms with E-state index < -0.39 is 6.10 Å². The lowest BCUT2D eigenvalue weighted by Gasteiger charge is -2.21. The minimum Gasteiger partial charge on any atom is -0.481 e. The Balaban J connectivity index is 1.63. The van der Waals surface area contributed by atoms with Gasteiger partial charge in [-0.3, -0.25) is 4.79 Å². The summed E-state index contributed by atoms with van der Waals surface area (Å²) in [5, 5.41) is 3.99. The molecule has 0 aliphatic heterocycles. The predicted octanol–water partition coefficient (Wildman–Crippen LogP) is 4.54. The van der Waals surface area contributed by atoms with Gasteiger partial charge in [0.25, 0.3) is 5.91 Å². The number of amides is 1. The molecule has 0 aliphatic rings. The van der Waals surface area contributed by atoms with Crippen molar-refractivity contribution in [2.24, 2.45) is 0 Å². The molecule has 0 saturated heterocycles. The van der Waals surface area contributed by atoms with E-state index in [1.807, 2.05) is 56.3 Å². The minimum absolute atomic E-state index is 0.166. The number of carbonyl (C=O) groups excluding carboxylic acids is 1. The van der Waals surface area contributed by atoms with Crippen LogP contribution < -0.4 is 4.74 Å². The maximum atomic E-state index is 12.6. The molecule has 0 aliphatic carbocycles. The summed E-state index contributed by atoms with van der Waals surface area (Å²) < 4.78 is 12.0. The minimum atomic E-state index is -0.625. The largest absolute Gasteiger partial charge is 0.481 e. The predicted molar refractivity (Wildman–Crippen MR) is 110 cm³/mol. The highest BCUT2D eigenvalue weighted by Gasteiger charge is 2.21.